The van der Waals surface area contributed by atoms with Crippen molar-refractivity contribution in [1.82, 2.24) is 4.90 Å². The predicted molar refractivity (Wildman–Crippen MR) is 122 cm³/mol. The van der Waals surface area contributed by atoms with E-state index in [1.54, 1.807) is 0 Å². The third-order valence-corrected chi connectivity index (χ3v) is 11.7. The first-order valence-corrected chi connectivity index (χ1v) is 14.4. The topological polar surface area (TPSA) is 12.5 Å². The van der Waals surface area contributed by atoms with Gasteiger partial charge in [0.2, 0.25) is 0 Å². The maximum Gasteiger partial charge on any atom is 0.192 e. The molecule has 0 aromatic heterocycles. The molecule has 0 saturated carbocycles. The van der Waals surface area contributed by atoms with Crippen LogP contribution in [0.25, 0.3) is 0 Å². The van der Waals surface area contributed by atoms with E-state index in [0.29, 0.717) is 18.2 Å². The molecule has 2 saturated heterocycles. The van der Waals surface area contributed by atoms with Gasteiger partial charge in [0.15, 0.2) is 8.32 Å². The lowest BCUT2D eigenvalue weighted by Gasteiger charge is -2.53. The van der Waals surface area contributed by atoms with Gasteiger partial charge in [-0.05, 0) is 57.2 Å². The standard InChI is InChI=1S/C24H45NOSi/c1-8-9-10-11-12-13-15-21-16-14-17-22-18-19-23(20(2)25(21)22)26-27(6,7)24(3,4)5/h11-13,15,20-23H,8-10,14,16-19H2,1-7H3/b12-11+,15-13+/t20-,21+,22-,23+/m0/s1. The monoisotopic (exact) mass is 391 g/mol. The Morgan fingerprint density at radius 1 is 1.07 bits per heavy atom. The Bertz CT molecular complexity index is 505. The fraction of sp³-hybridized carbons (Fsp3) is 0.833. The van der Waals surface area contributed by atoms with Crippen LogP contribution in [0.2, 0.25) is 18.1 Å². The maximum absolute atomic E-state index is 6.88. The summed E-state index contributed by atoms with van der Waals surface area (Å²) in [5.41, 5.74) is 0. The molecule has 0 amide bonds. The Kier molecular flexibility index (Phi) is 8.39. The number of hydrogen-bond donors (Lipinski definition) is 0. The van der Waals surface area contributed by atoms with Crippen molar-refractivity contribution in [1.29, 1.82) is 0 Å². The van der Waals surface area contributed by atoms with E-state index in [4.69, 9.17) is 4.43 Å². The van der Waals surface area contributed by atoms with Crippen molar-refractivity contribution in [2.24, 2.45) is 0 Å². The Morgan fingerprint density at radius 2 is 1.81 bits per heavy atom. The first-order chi connectivity index (χ1) is 12.7. The number of nitrogens with zero attached hydrogens (tertiary/aromatic N) is 1. The minimum absolute atomic E-state index is 0.286. The Labute approximate surface area is 170 Å². The van der Waals surface area contributed by atoms with Gasteiger partial charge in [0.1, 0.15) is 0 Å². The van der Waals surface area contributed by atoms with Crippen molar-refractivity contribution in [3.8, 4) is 0 Å². The molecular formula is C24H45NOSi. The van der Waals surface area contributed by atoms with Crippen molar-refractivity contribution in [2.75, 3.05) is 0 Å². The average Bonchev–Trinajstić information content (AvgIpc) is 2.59. The summed E-state index contributed by atoms with van der Waals surface area (Å²) < 4.78 is 6.88. The van der Waals surface area contributed by atoms with E-state index in [1.807, 2.05) is 0 Å². The first-order valence-electron chi connectivity index (χ1n) is 11.5. The summed E-state index contributed by atoms with van der Waals surface area (Å²) >= 11 is 0. The third kappa shape index (κ3) is 6.05. The van der Waals surface area contributed by atoms with Gasteiger partial charge in [0.25, 0.3) is 0 Å². The normalized spacial score (nSPS) is 30.9. The summed E-state index contributed by atoms with van der Waals surface area (Å²) in [7, 11) is -1.71. The Hall–Kier alpha value is -0.383. The van der Waals surface area contributed by atoms with Crippen molar-refractivity contribution in [3.05, 3.63) is 24.3 Å². The fourth-order valence-corrected chi connectivity index (χ4v) is 5.87. The van der Waals surface area contributed by atoms with Gasteiger partial charge in [0, 0.05) is 18.1 Å². The summed E-state index contributed by atoms with van der Waals surface area (Å²) in [6.07, 6.45) is 20.1. The number of allylic oxidation sites excluding steroid dienone is 3. The number of fused-ring (bicyclic) bond motifs is 1. The third-order valence-electron chi connectivity index (χ3n) is 7.19. The van der Waals surface area contributed by atoms with Gasteiger partial charge in [-0.1, -0.05) is 71.3 Å². The van der Waals surface area contributed by atoms with Crippen LogP contribution in [-0.4, -0.2) is 37.4 Å². The van der Waals surface area contributed by atoms with Crippen molar-refractivity contribution in [2.45, 2.75) is 128 Å². The van der Waals surface area contributed by atoms with Crippen LogP contribution in [0.15, 0.2) is 24.3 Å². The quantitative estimate of drug-likeness (QED) is 0.261. The minimum atomic E-state index is -1.71. The van der Waals surface area contributed by atoms with Crippen molar-refractivity contribution in [3.63, 3.8) is 0 Å². The molecule has 0 unspecified atom stereocenters. The van der Waals surface area contributed by atoms with Gasteiger partial charge in [-0.15, -0.1) is 0 Å². The lowest BCUT2D eigenvalue weighted by molar-refractivity contribution is -0.0405. The van der Waals surface area contributed by atoms with Gasteiger partial charge >= 0.3 is 0 Å². The molecular weight excluding hydrogens is 346 g/mol. The van der Waals surface area contributed by atoms with Gasteiger partial charge in [-0.25, -0.2) is 0 Å². The summed E-state index contributed by atoms with van der Waals surface area (Å²) in [5, 5.41) is 0.286. The van der Waals surface area contributed by atoms with E-state index < -0.39 is 8.32 Å². The van der Waals surface area contributed by atoms with E-state index in [-0.39, 0.29) is 5.04 Å². The first kappa shape index (κ1) is 22.9. The number of piperidine rings is 2. The lowest BCUT2D eigenvalue weighted by Crippen LogP contribution is -2.60. The van der Waals surface area contributed by atoms with Gasteiger partial charge < -0.3 is 4.43 Å². The highest BCUT2D eigenvalue weighted by molar-refractivity contribution is 6.74. The molecule has 2 aliphatic heterocycles. The zero-order valence-corrected chi connectivity index (χ0v) is 20.1. The zero-order valence-electron chi connectivity index (χ0n) is 19.1. The zero-order chi connectivity index (χ0) is 20.1. The molecule has 0 spiro atoms. The van der Waals surface area contributed by atoms with Gasteiger partial charge in [-0.3, -0.25) is 4.90 Å². The molecule has 2 aliphatic rings. The highest BCUT2D eigenvalue weighted by Crippen LogP contribution is 2.41. The second-order valence-electron chi connectivity index (χ2n) is 10.3. The van der Waals surface area contributed by atoms with E-state index in [2.05, 4.69) is 76.9 Å². The molecule has 0 aromatic carbocycles. The molecule has 4 atom stereocenters. The second kappa shape index (κ2) is 9.89. The molecule has 2 heterocycles. The van der Waals surface area contributed by atoms with Crippen LogP contribution in [0, 0.1) is 0 Å². The van der Waals surface area contributed by atoms with Crippen LogP contribution in [0.3, 0.4) is 0 Å². The largest absolute Gasteiger partial charge is 0.412 e. The lowest BCUT2D eigenvalue weighted by atomic mass is 9.84. The molecule has 0 aromatic rings. The minimum Gasteiger partial charge on any atom is -0.412 e. The fourth-order valence-electron chi connectivity index (χ4n) is 4.45. The van der Waals surface area contributed by atoms with Gasteiger partial charge in [0.05, 0.1) is 6.10 Å². The van der Waals surface area contributed by atoms with Crippen LogP contribution in [0.4, 0.5) is 0 Å². The molecule has 0 radical (unpaired) electrons. The maximum atomic E-state index is 6.88. The van der Waals surface area contributed by atoms with E-state index >= 15 is 0 Å². The SMILES string of the molecule is CCCC/C=C/C=C/[C@@H]1CCC[C@H]2CC[C@@H](O[Si](C)(C)C(C)(C)C)[C@H](C)N21. The van der Waals surface area contributed by atoms with Gasteiger partial charge in [-0.2, -0.15) is 0 Å². The molecule has 0 N–H and O–H groups in total. The predicted octanol–water partition coefficient (Wildman–Crippen LogP) is 7.08. The van der Waals surface area contributed by atoms with Crippen LogP contribution >= 0.6 is 0 Å². The van der Waals surface area contributed by atoms with Crippen molar-refractivity contribution >= 4 is 8.32 Å². The summed E-state index contributed by atoms with van der Waals surface area (Å²) in [5.74, 6) is 0. The molecule has 156 valence electrons. The molecule has 0 aliphatic carbocycles. The summed E-state index contributed by atoms with van der Waals surface area (Å²) in [6, 6.07) is 1.86. The molecule has 0 bridgehead atoms. The summed E-state index contributed by atoms with van der Waals surface area (Å²) in [6.45, 7) is 16.5. The Balaban J connectivity index is 2.04. The second-order valence-corrected chi connectivity index (χ2v) is 15.0. The number of hydrogen-bond acceptors (Lipinski definition) is 2. The van der Waals surface area contributed by atoms with E-state index in [9.17, 15) is 0 Å². The average molecular weight is 392 g/mol. The molecule has 27 heavy (non-hydrogen) atoms. The van der Waals surface area contributed by atoms with E-state index in [1.165, 1.54) is 51.4 Å². The highest BCUT2D eigenvalue weighted by atomic mass is 28.4. The summed E-state index contributed by atoms with van der Waals surface area (Å²) in [4.78, 5) is 2.81. The smallest absolute Gasteiger partial charge is 0.192 e. The number of rotatable bonds is 7. The molecule has 2 fully saturated rings. The van der Waals surface area contributed by atoms with Crippen LogP contribution in [-0.2, 0) is 4.43 Å². The molecule has 3 heteroatoms. The molecule has 2 nitrogen and oxygen atoms in total. The highest BCUT2D eigenvalue weighted by Gasteiger charge is 2.45. The van der Waals surface area contributed by atoms with Crippen LogP contribution < -0.4 is 0 Å². The molecule has 2 rings (SSSR count). The van der Waals surface area contributed by atoms with Crippen molar-refractivity contribution < 1.29 is 4.43 Å². The van der Waals surface area contributed by atoms with Crippen LogP contribution in [0.1, 0.15) is 86.0 Å². The van der Waals surface area contributed by atoms with E-state index in [0.717, 1.165) is 6.04 Å². The number of unbranched alkanes of at least 4 members (excludes halogenated alkanes) is 2. The van der Waals surface area contributed by atoms with Crippen LogP contribution in [0.5, 0.6) is 0 Å². The Morgan fingerprint density at radius 3 is 2.48 bits per heavy atom.